The third-order valence-electron chi connectivity index (χ3n) is 3.42. The van der Waals surface area contributed by atoms with E-state index < -0.39 is 0 Å². The SMILES string of the molecule is CC[C@H]1CC(C)CN1C(=O)[C@H](N)CC(C)C. The molecule has 1 saturated heterocycles. The molecule has 1 aliphatic rings. The summed E-state index contributed by atoms with van der Waals surface area (Å²) < 4.78 is 0. The second-order valence-electron chi connectivity index (χ2n) is 5.63. The summed E-state index contributed by atoms with van der Waals surface area (Å²) in [5, 5.41) is 0. The van der Waals surface area contributed by atoms with Crippen LogP contribution in [0.15, 0.2) is 0 Å². The highest BCUT2D eigenvalue weighted by Gasteiger charge is 2.34. The van der Waals surface area contributed by atoms with E-state index in [0.717, 1.165) is 25.8 Å². The van der Waals surface area contributed by atoms with Gasteiger partial charge in [-0.2, -0.15) is 0 Å². The predicted molar refractivity (Wildman–Crippen MR) is 67.0 cm³/mol. The molecule has 1 amide bonds. The van der Waals surface area contributed by atoms with E-state index in [1.165, 1.54) is 0 Å². The molecule has 94 valence electrons. The summed E-state index contributed by atoms with van der Waals surface area (Å²) in [6.45, 7) is 9.47. The second-order valence-corrected chi connectivity index (χ2v) is 5.63. The molecular weight excluding hydrogens is 200 g/mol. The molecule has 1 heterocycles. The van der Waals surface area contributed by atoms with Crippen LogP contribution >= 0.6 is 0 Å². The van der Waals surface area contributed by atoms with Crippen LogP contribution in [0.25, 0.3) is 0 Å². The minimum atomic E-state index is -0.306. The molecule has 1 rings (SSSR count). The standard InChI is InChI=1S/C13H26N2O/c1-5-11-7-10(4)8-15(11)13(16)12(14)6-9(2)3/h9-12H,5-8,14H2,1-4H3/t10?,11-,12+/m0/s1. The van der Waals surface area contributed by atoms with Crippen molar-refractivity contribution in [3.63, 3.8) is 0 Å². The van der Waals surface area contributed by atoms with Gasteiger partial charge in [-0.15, -0.1) is 0 Å². The Kier molecular flexibility index (Phi) is 4.78. The fourth-order valence-corrected chi connectivity index (χ4v) is 2.63. The number of nitrogens with zero attached hydrogens (tertiary/aromatic N) is 1. The zero-order valence-corrected chi connectivity index (χ0v) is 11.1. The van der Waals surface area contributed by atoms with Gasteiger partial charge in [0.05, 0.1) is 6.04 Å². The van der Waals surface area contributed by atoms with Crippen LogP contribution in [0, 0.1) is 11.8 Å². The number of likely N-dealkylation sites (tertiary alicyclic amines) is 1. The summed E-state index contributed by atoms with van der Waals surface area (Å²) >= 11 is 0. The Hall–Kier alpha value is -0.570. The van der Waals surface area contributed by atoms with Crippen molar-refractivity contribution in [3.05, 3.63) is 0 Å². The first-order chi connectivity index (χ1) is 7.45. The predicted octanol–water partition coefficient (Wildman–Crippen LogP) is 2.01. The van der Waals surface area contributed by atoms with Crippen molar-refractivity contribution < 1.29 is 4.79 Å². The van der Waals surface area contributed by atoms with Crippen LogP contribution in [-0.2, 0) is 4.79 Å². The van der Waals surface area contributed by atoms with Gasteiger partial charge in [-0.1, -0.05) is 27.7 Å². The van der Waals surface area contributed by atoms with Crippen LogP contribution in [0.3, 0.4) is 0 Å². The Morgan fingerprint density at radius 3 is 2.62 bits per heavy atom. The van der Waals surface area contributed by atoms with E-state index >= 15 is 0 Å². The Morgan fingerprint density at radius 1 is 1.50 bits per heavy atom. The molecule has 3 heteroatoms. The zero-order valence-electron chi connectivity index (χ0n) is 11.1. The summed E-state index contributed by atoms with van der Waals surface area (Å²) in [5.74, 6) is 1.27. The monoisotopic (exact) mass is 226 g/mol. The Bertz CT molecular complexity index is 240. The van der Waals surface area contributed by atoms with Gasteiger partial charge < -0.3 is 10.6 Å². The van der Waals surface area contributed by atoms with Crippen LogP contribution in [-0.4, -0.2) is 29.4 Å². The lowest BCUT2D eigenvalue weighted by molar-refractivity contribution is -0.133. The average Bonchev–Trinajstić information content (AvgIpc) is 2.57. The van der Waals surface area contributed by atoms with E-state index in [-0.39, 0.29) is 11.9 Å². The molecular formula is C13H26N2O. The van der Waals surface area contributed by atoms with Gasteiger partial charge in [-0.3, -0.25) is 4.79 Å². The van der Waals surface area contributed by atoms with Crippen LogP contribution in [0.1, 0.15) is 47.0 Å². The van der Waals surface area contributed by atoms with Crippen LogP contribution in [0.4, 0.5) is 0 Å². The minimum Gasteiger partial charge on any atom is -0.338 e. The van der Waals surface area contributed by atoms with Gasteiger partial charge in [-0.25, -0.2) is 0 Å². The van der Waals surface area contributed by atoms with Crippen molar-refractivity contribution >= 4 is 5.91 Å². The van der Waals surface area contributed by atoms with Crippen molar-refractivity contribution in [1.82, 2.24) is 4.90 Å². The maximum Gasteiger partial charge on any atom is 0.239 e. The van der Waals surface area contributed by atoms with Crippen molar-refractivity contribution in [2.45, 2.75) is 59.0 Å². The van der Waals surface area contributed by atoms with Crippen LogP contribution in [0.2, 0.25) is 0 Å². The molecule has 0 spiro atoms. The Morgan fingerprint density at radius 2 is 2.12 bits per heavy atom. The first-order valence-corrected chi connectivity index (χ1v) is 6.51. The molecule has 0 aliphatic carbocycles. The highest BCUT2D eigenvalue weighted by Crippen LogP contribution is 2.25. The zero-order chi connectivity index (χ0) is 12.3. The van der Waals surface area contributed by atoms with E-state index in [1.807, 2.05) is 4.90 Å². The lowest BCUT2D eigenvalue weighted by atomic mass is 10.0. The summed E-state index contributed by atoms with van der Waals surface area (Å²) in [6, 6.07) is 0.111. The van der Waals surface area contributed by atoms with Crippen molar-refractivity contribution in [3.8, 4) is 0 Å². The molecule has 0 aromatic heterocycles. The largest absolute Gasteiger partial charge is 0.338 e. The first kappa shape index (κ1) is 13.5. The van der Waals surface area contributed by atoms with Crippen molar-refractivity contribution in [2.24, 2.45) is 17.6 Å². The lowest BCUT2D eigenvalue weighted by Crippen LogP contribution is -2.46. The van der Waals surface area contributed by atoms with E-state index in [9.17, 15) is 4.79 Å². The van der Waals surface area contributed by atoms with Gasteiger partial charge in [0.15, 0.2) is 0 Å². The summed E-state index contributed by atoms with van der Waals surface area (Å²) in [7, 11) is 0. The van der Waals surface area contributed by atoms with Crippen LogP contribution < -0.4 is 5.73 Å². The third kappa shape index (κ3) is 3.21. The van der Waals surface area contributed by atoms with Gasteiger partial charge in [0, 0.05) is 12.6 Å². The van der Waals surface area contributed by atoms with E-state index in [1.54, 1.807) is 0 Å². The average molecular weight is 226 g/mol. The fraction of sp³-hybridized carbons (Fsp3) is 0.923. The maximum absolute atomic E-state index is 12.2. The van der Waals surface area contributed by atoms with Gasteiger partial charge in [-0.05, 0) is 31.1 Å². The number of carbonyl (C=O) groups is 1. The molecule has 0 aromatic rings. The molecule has 1 fully saturated rings. The van der Waals surface area contributed by atoms with Gasteiger partial charge in [0.25, 0.3) is 0 Å². The second kappa shape index (κ2) is 5.67. The number of hydrogen-bond acceptors (Lipinski definition) is 2. The normalized spacial score (nSPS) is 27.5. The molecule has 3 atom stereocenters. The van der Waals surface area contributed by atoms with Gasteiger partial charge in [0.1, 0.15) is 0 Å². The first-order valence-electron chi connectivity index (χ1n) is 6.51. The summed E-state index contributed by atoms with van der Waals surface area (Å²) in [5.41, 5.74) is 5.97. The summed E-state index contributed by atoms with van der Waals surface area (Å²) in [4.78, 5) is 14.2. The molecule has 0 bridgehead atoms. The lowest BCUT2D eigenvalue weighted by Gasteiger charge is -2.27. The number of amides is 1. The molecule has 2 N–H and O–H groups in total. The Labute approximate surface area is 99.4 Å². The highest BCUT2D eigenvalue weighted by atomic mass is 16.2. The number of carbonyl (C=O) groups excluding carboxylic acids is 1. The van der Waals surface area contributed by atoms with E-state index in [4.69, 9.17) is 5.73 Å². The number of hydrogen-bond donors (Lipinski definition) is 1. The summed E-state index contributed by atoms with van der Waals surface area (Å²) in [6.07, 6.45) is 2.97. The van der Waals surface area contributed by atoms with Gasteiger partial charge >= 0.3 is 0 Å². The fourth-order valence-electron chi connectivity index (χ4n) is 2.63. The minimum absolute atomic E-state index is 0.157. The maximum atomic E-state index is 12.2. The smallest absolute Gasteiger partial charge is 0.239 e. The molecule has 3 nitrogen and oxygen atoms in total. The molecule has 1 aliphatic heterocycles. The van der Waals surface area contributed by atoms with Gasteiger partial charge in [0.2, 0.25) is 5.91 Å². The Balaban J connectivity index is 2.58. The number of rotatable bonds is 4. The van der Waals surface area contributed by atoms with E-state index in [0.29, 0.717) is 17.9 Å². The van der Waals surface area contributed by atoms with Crippen LogP contribution in [0.5, 0.6) is 0 Å². The quantitative estimate of drug-likeness (QED) is 0.797. The molecule has 0 saturated carbocycles. The third-order valence-corrected chi connectivity index (χ3v) is 3.42. The molecule has 1 unspecified atom stereocenters. The highest BCUT2D eigenvalue weighted by molar-refractivity contribution is 5.82. The number of nitrogens with two attached hydrogens (primary N) is 1. The molecule has 0 radical (unpaired) electrons. The molecule has 0 aromatic carbocycles. The topological polar surface area (TPSA) is 46.3 Å². The molecule has 16 heavy (non-hydrogen) atoms. The van der Waals surface area contributed by atoms with Crippen molar-refractivity contribution in [1.29, 1.82) is 0 Å². The van der Waals surface area contributed by atoms with Crippen molar-refractivity contribution in [2.75, 3.05) is 6.54 Å². The van der Waals surface area contributed by atoms with E-state index in [2.05, 4.69) is 27.7 Å².